The monoisotopic (exact) mass is 155 g/mol. The Morgan fingerprint density at radius 2 is 2.09 bits per heavy atom. The standard InChI is InChI=1S/C10H21N/c1-4-7-9-10(8-5-2)11-6-3/h5,8,10-11H,4,6-7,9H2,1-3H3. The quantitative estimate of drug-likeness (QED) is 0.582. The highest BCUT2D eigenvalue weighted by Crippen LogP contribution is 2.01. The summed E-state index contributed by atoms with van der Waals surface area (Å²) in [4.78, 5) is 0. The van der Waals surface area contributed by atoms with Gasteiger partial charge in [-0.2, -0.15) is 0 Å². The molecular formula is C10H21N. The molecule has 0 radical (unpaired) electrons. The summed E-state index contributed by atoms with van der Waals surface area (Å²) >= 11 is 0. The van der Waals surface area contributed by atoms with Crippen molar-refractivity contribution in [2.75, 3.05) is 6.54 Å². The van der Waals surface area contributed by atoms with Crippen molar-refractivity contribution in [3.8, 4) is 0 Å². The molecule has 1 N–H and O–H groups in total. The Kier molecular flexibility index (Phi) is 7.59. The molecule has 0 aliphatic rings. The molecule has 0 aliphatic carbocycles. The Bertz CT molecular complexity index is 97.0. The number of hydrogen-bond acceptors (Lipinski definition) is 1. The van der Waals surface area contributed by atoms with Crippen molar-refractivity contribution in [2.24, 2.45) is 0 Å². The van der Waals surface area contributed by atoms with Crippen LogP contribution in [0.25, 0.3) is 0 Å². The van der Waals surface area contributed by atoms with Crippen LogP contribution in [0.2, 0.25) is 0 Å². The maximum atomic E-state index is 3.43. The van der Waals surface area contributed by atoms with Gasteiger partial charge >= 0.3 is 0 Å². The lowest BCUT2D eigenvalue weighted by Crippen LogP contribution is -2.26. The second-order valence-electron chi connectivity index (χ2n) is 2.83. The average molecular weight is 155 g/mol. The highest BCUT2D eigenvalue weighted by atomic mass is 14.9. The third-order valence-electron chi connectivity index (χ3n) is 1.76. The molecule has 1 heteroatoms. The number of hydrogen-bond donors (Lipinski definition) is 1. The predicted octanol–water partition coefficient (Wildman–Crippen LogP) is 2.73. The lowest BCUT2D eigenvalue weighted by Gasteiger charge is -2.12. The zero-order valence-corrected chi connectivity index (χ0v) is 8.06. The van der Waals surface area contributed by atoms with Crippen LogP contribution in [-0.2, 0) is 0 Å². The Morgan fingerprint density at radius 1 is 1.36 bits per heavy atom. The van der Waals surface area contributed by atoms with Gasteiger partial charge in [0.1, 0.15) is 0 Å². The molecule has 66 valence electrons. The summed E-state index contributed by atoms with van der Waals surface area (Å²) in [6.07, 6.45) is 8.26. The van der Waals surface area contributed by atoms with E-state index < -0.39 is 0 Å². The summed E-state index contributed by atoms with van der Waals surface area (Å²) in [5, 5.41) is 3.43. The smallest absolute Gasteiger partial charge is 0.0249 e. The van der Waals surface area contributed by atoms with Crippen LogP contribution >= 0.6 is 0 Å². The first-order valence-corrected chi connectivity index (χ1v) is 4.71. The topological polar surface area (TPSA) is 12.0 Å². The number of unbranched alkanes of at least 4 members (excludes halogenated alkanes) is 1. The van der Waals surface area contributed by atoms with Gasteiger partial charge < -0.3 is 5.32 Å². The van der Waals surface area contributed by atoms with E-state index in [2.05, 4.69) is 38.2 Å². The maximum absolute atomic E-state index is 3.43. The number of allylic oxidation sites excluding steroid dienone is 1. The zero-order valence-electron chi connectivity index (χ0n) is 8.06. The minimum atomic E-state index is 0.602. The third kappa shape index (κ3) is 6.11. The fraction of sp³-hybridized carbons (Fsp3) is 0.800. The van der Waals surface area contributed by atoms with Gasteiger partial charge in [0.05, 0.1) is 0 Å². The van der Waals surface area contributed by atoms with Crippen molar-refractivity contribution in [1.29, 1.82) is 0 Å². The molecule has 0 saturated carbocycles. The Labute approximate surface area is 70.9 Å². The molecule has 0 aromatic carbocycles. The third-order valence-corrected chi connectivity index (χ3v) is 1.76. The number of rotatable bonds is 6. The van der Waals surface area contributed by atoms with E-state index in [9.17, 15) is 0 Å². The molecule has 1 atom stereocenters. The fourth-order valence-corrected chi connectivity index (χ4v) is 1.18. The molecule has 0 spiro atoms. The van der Waals surface area contributed by atoms with Crippen molar-refractivity contribution < 1.29 is 0 Å². The summed E-state index contributed by atoms with van der Waals surface area (Å²) in [7, 11) is 0. The Balaban J connectivity index is 3.51. The molecule has 0 aromatic heterocycles. The Hall–Kier alpha value is -0.300. The van der Waals surface area contributed by atoms with E-state index in [0.717, 1.165) is 6.54 Å². The van der Waals surface area contributed by atoms with Crippen LogP contribution in [0.3, 0.4) is 0 Å². The van der Waals surface area contributed by atoms with Crippen molar-refractivity contribution in [3.63, 3.8) is 0 Å². The molecular weight excluding hydrogens is 134 g/mol. The fourth-order valence-electron chi connectivity index (χ4n) is 1.18. The van der Waals surface area contributed by atoms with Crippen molar-refractivity contribution in [1.82, 2.24) is 5.32 Å². The first-order chi connectivity index (χ1) is 5.35. The normalized spacial score (nSPS) is 14.1. The molecule has 0 aromatic rings. The molecule has 0 aliphatic heterocycles. The first-order valence-electron chi connectivity index (χ1n) is 4.71. The van der Waals surface area contributed by atoms with Gasteiger partial charge in [0.2, 0.25) is 0 Å². The molecule has 0 amide bonds. The van der Waals surface area contributed by atoms with Crippen LogP contribution in [0.4, 0.5) is 0 Å². The van der Waals surface area contributed by atoms with Crippen LogP contribution in [-0.4, -0.2) is 12.6 Å². The van der Waals surface area contributed by atoms with Gasteiger partial charge in [-0.1, -0.05) is 38.8 Å². The summed E-state index contributed by atoms with van der Waals surface area (Å²) < 4.78 is 0. The van der Waals surface area contributed by atoms with E-state index in [-0.39, 0.29) is 0 Å². The second-order valence-corrected chi connectivity index (χ2v) is 2.83. The van der Waals surface area contributed by atoms with Gasteiger partial charge in [0, 0.05) is 6.04 Å². The summed E-state index contributed by atoms with van der Waals surface area (Å²) in [6, 6.07) is 0.602. The largest absolute Gasteiger partial charge is 0.311 e. The number of nitrogens with one attached hydrogen (secondary N) is 1. The van der Waals surface area contributed by atoms with E-state index >= 15 is 0 Å². The van der Waals surface area contributed by atoms with Gasteiger partial charge in [-0.3, -0.25) is 0 Å². The van der Waals surface area contributed by atoms with Crippen LogP contribution < -0.4 is 5.32 Å². The second kappa shape index (κ2) is 7.80. The lowest BCUT2D eigenvalue weighted by molar-refractivity contribution is 0.548. The van der Waals surface area contributed by atoms with Crippen LogP contribution in [0.5, 0.6) is 0 Å². The molecule has 0 fully saturated rings. The van der Waals surface area contributed by atoms with E-state index in [1.807, 2.05) is 0 Å². The van der Waals surface area contributed by atoms with Gasteiger partial charge in [0.15, 0.2) is 0 Å². The minimum Gasteiger partial charge on any atom is -0.311 e. The first kappa shape index (κ1) is 10.7. The molecule has 11 heavy (non-hydrogen) atoms. The van der Waals surface area contributed by atoms with Crippen LogP contribution in [0.1, 0.15) is 40.0 Å². The van der Waals surface area contributed by atoms with Crippen LogP contribution in [0, 0.1) is 0 Å². The molecule has 1 unspecified atom stereocenters. The van der Waals surface area contributed by atoms with Crippen molar-refractivity contribution in [3.05, 3.63) is 12.2 Å². The van der Waals surface area contributed by atoms with E-state index in [1.54, 1.807) is 0 Å². The molecule has 0 saturated heterocycles. The van der Waals surface area contributed by atoms with Gasteiger partial charge in [-0.15, -0.1) is 0 Å². The van der Waals surface area contributed by atoms with Crippen LogP contribution in [0.15, 0.2) is 12.2 Å². The summed E-state index contributed by atoms with van der Waals surface area (Å²) in [5.74, 6) is 0. The lowest BCUT2D eigenvalue weighted by atomic mass is 10.1. The van der Waals surface area contributed by atoms with E-state index in [4.69, 9.17) is 0 Å². The van der Waals surface area contributed by atoms with E-state index in [0.29, 0.717) is 6.04 Å². The van der Waals surface area contributed by atoms with Gasteiger partial charge in [-0.25, -0.2) is 0 Å². The molecule has 0 rings (SSSR count). The van der Waals surface area contributed by atoms with Gasteiger partial charge in [-0.05, 0) is 19.9 Å². The highest BCUT2D eigenvalue weighted by molar-refractivity contribution is 4.90. The SMILES string of the molecule is CC=CC(CCCC)NCC. The minimum absolute atomic E-state index is 0.602. The highest BCUT2D eigenvalue weighted by Gasteiger charge is 1.99. The predicted molar refractivity (Wildman–Crippen MR) is 51.8 cm³/mol. The molecule has 0 heterocycles. The van der Waals surface area contributed by atoms with Crippen molar-refractivity contribution in [2.45, 2.75) is 46.1 Å². The van der Waals surface area contributed by atoms with Gasteiger partial charge in [0.25, 0.3) is 0 Å². The average Bonchev–Trinajstić information content (AvgIpc) is 2.01. The number of likely N-dealkylation sites (N-methyl/N-ethyl adjacent to an activating group) is 1. The van der Waals surface area contributed by atoms with Crippen molar-refractivity contribution >= 4 is 0 Å². The van der Waals surface area contributed by atoms with E-state index in [1.165, 1.54) is 19.3 Å². The zero-order chi connectivity index (χ0) is 8.53. The molecule has 0 bridgehead atoms. The summed E-state index contributed by atoms with van der Waals surface area (Å²) in [5.41, 5.74) is 0. The maximum Gasteiger partial charge on any atom is 0.0249 e. The summed E-state index contributed by atoms with van der Waals surface area (Å²) in [6.45, 7) is 7.54. The Morgan fingerprint density at radius 3 is 2.55 bits per heavy atom. The molecule has 1 nitrogen and oxygen atoms in total.